The van der Waals surface area contributed by atoms with E-state index in [9.17, 15) is 9.59 Å². The van der Waals surface area contributed by atoms with Gasteiger partial charge in [-0.05, 0) is 53.4 Å². The predicted molar refractivity (Wildman–Crippen MR) is 92.1 cm³/mol. The van der Waals surface area contributed by atoms with Crippen molar-refractivity contribution >= 4 is 27.9 Å². The monoisotopic (exact) mass is 378 g/mol. The molecule has 0 saturated carbocycles. The third kappa shape index (κ3) is 8.76. The number of halogens is 1. The van der Waals surface area contributed by atoms with Crippen LogP contribution >= 0.6 is 15.9 Å². The number of rotatable bonds is 10. The molecule has 0 heterocycles. The summed E-state index contributed by atoms with van der Waals surface area (Å²) in [4.78, 5) is 23.1. The van der Waals surface area contributed by atoms with E-state index in [0.717, 1.165) is 38.5 Å². The summed E-state index contributed by atoms with van der Waals surface area (Å²) in [6.45, 7) is 11.6. The summed E-state index contributed by atoms with van der Waals surface area (Å²) < 4.78 is 10.9. The lowest BCUT2D eigenvalue weighted by Gasteiger charge is -2.28. The Kier molecular flexibility index (Phi) is 9.28. The van der Waals surface area contributed by atoms with E-state index in [-0.39, 0.29) is 0 Å². The molecule has 0 radical (unpaired) electrons. The maximum atomic E-state index is 12.1. The zero-order chi connectivity index (χ0) is 17.4. The molecule has 0 fully saturated rings. The van der Waals surface area contributed by atoms with Crippen LogP contribution in [0.5, 0.6) is 0 Å². The van der Waals surface area contributed by atoms with Crippen molar-refractivity contribution in [3.63, 3.8) is 0 Å². The maximum absolute atomic E-state index is 12.1. The van der Waals surface area contributed by atoms with E-state index >= 15 is 0 Å². The summed E-state index contributed by atoms with van der Waals surface area (Å²) in [6.07, 6.45) is 5.56. The first kappa shape index (κ1) is 21.4. The molecule has 0 aliphatic carbocycles. The molecule has 0 spiro atoms. The van der Waals surface area contributed by atoms with Gasteiger partial charge in [-0.3, -0.25) is 9.59 Å². The lowest BCUT2D eigenvalue weighted by molar-refractivity contribution is -0.167. The van der Waals surface area contributed by atoms with Crippen LogP contribution < -0.4 is 0 Å². The van der Waals surface area contributed by atoms with Crippen molar-refractivity contribution in [2.45, 2.75) is 96.1 Å². The second-order valence-corrected chi connectivity index (χ2v) is 7.85. The highest BCUT2D eigenvalue weighted by Crippen LogP contribution is 2.23. The number of hydrogen-bond donors (Lipinski definition) is 0. The predicted octanol–water partition coefficient (Wildman–Crippen LogP) is 4.77. The molecular formula is C17H31BrO4. The van der Waals surface area contributed by atoms with Gasteiger partial charge in [0.05, 0.1) is 0 Å². The number of carbonyl (C=O) groups excluding carboxylic acids is 2. The Labute approximate surface area is 143 Å². The second-order valence-electron chi connectivity index (χ2n) is 6.93. The fraction of sp³-hybridized carbons (Fsp3) is 0.882. The third-order valence-corrected chi connectivity index (χ3v) is 4.18. The van der Waals surface area contributed by atoms with Crippen molar-refractivity contribution in [1.29, 1.82) is 0 Å². The fourth-order valence-corrected chi connectivity index (χ4v) is 2.24. The highest BCUT2D eigenvalue weighted by Gasteiger charge is 2.34. The van der Waals surface area contributed by atoms with Gasteiger partial charge in [-0.1, -0.05) is 42.6 Å². The molecule has 0 aromatic heterocycles. The molecule has 0 aliphatic rings. The van der Waals surface area contributed by atoms with Gasteiger partial charge in [-0.2, -0.15) is 0 Å². The SMILES string of the molecule is CCCCC(C)(C)OC(=O)C(Br)C(=O)OC(C)(C)CCCC. The van der Waals surface area contributed by atoms with Crippen LogP contribution in [0.2, 0.25) is 0 Å². The van der Waals surface area contributed by atoms with Crippen LogP contribution in [0.4, 0.5) is 0 Å². The van der Waals surface area contributed by atoms with Gasteiger partial charge in [0.15, 0.2) is 0 Å². The average Bonchev–Trinajstić information content (AvgIpc) is 2.41. The number of esters is 2. The maximum Gasteiger partial charge on any atom is 0.331 e. The number of carbonyl (C=O) groups is 2. The summed E-state index contributed by atoms with van der Waals surface area (Å²) in [6, 6.07) is 0. The molecule has 130 valence electrons. The van der Waals surface area contributed by atoms with E-state index in [4.69, 9.17) is 9.47 Å². The molecule has 0 atom stereocenters. The normalized spacial score (nSPS) is 12.4. The van der Waals surface area contributed by atoms with Crippen molar-refractivity contribution in [1.82, 2.24) is 0 Å². The molecular weight excluding hydrogens is 348 g/mol. The Morgan fingerprint density at radius 2 is 1.18 bits per heavy atom. The van der Waals surface area contributed by atoms with E-state index < -0.39 is 28.0 Å². The Bertz CT molecular complexity index is 330. The molecule has 0 N–H and O–H groups in total. The Balaban J connectivity index is 4.52. The van der Waals surface area contributed by atoms with Gasteiger partial charge < -0.3 is 9.47 Å². The first-order chi connectivity index (χ1) is 10.0. The minimum Gasteiger partial charge on any atom is -0.458 e. The minimum atomic E-state index is -1.07. The van der Waals surface area contributed by atoms with Gasteiger partial charge in [-0.25, -0.2) is 0 Å². The Morgan fingerprint density at radius 3 is 1.45 bits per heavy atom. The van der Waals surface area contributed by atoms with Crippen LogP contribution in [0.1, 0.15) is 80.1 Å². The largest absolute Gasteiger partial charge is 0.458 e. The van der Waals surface area contributed by atoms with Crippen molar-refractivity contribution in [3.05, 3.63) is 0 Å². The summed E-state index contributed by atoms with van der Waals surface area (Å²) in [7, 11) is 0. The van der Waals surface area contributed by atoms with Crippen molar-refractivity contribution in [2.24, 2.45) is 0 Å². The van der Waals surface area contributed by atoms with Crippen LogP contribution in [0.3, 0.4) is 0 Å². The third-order valence-electron chi connectivity index (χ3n) is 3.43. The average molecular weight is 379 g/mol. The zero-order valence-electron chi connectivity index (χ0n) is 14.8. The number of hydrogen-bond acceptors (Lipinski definition) is 4. The molecule has 0 rings (SSSR count). The molecule has 0 bridgehead atoms. The van der Waals surface area contributed by atoms with Crippen LogP contribution in [0.25, 0.3) is 0 Å². The van der Waals surface area contributed by atoms with E-state index in [1.807, 2.05) is 27.7 Å². The molecule has 5 heteroatoms. The van der Waals surface area contributed by atoms with Gasteiger partial charge in [0, 0.05) is 0 Å². The highest BCUT2D eigenvalue weighted by molar-refractivity contribution is 9.10. The quantitative estimate of drug-likeness (QED) is 0.312. The van der Waals surface area contributed by atoms with Crippen LogP contribution in [-0.2, 0) is 19.1 Å². The van der Waals surface area contributed by atoms with Crippen LogP contribution in [0.15, 0.2) is 0 Å². The van der Waals surface area contributed by atoms with Gasteiger partial charge in [0.1, 0.15) is 11.2 Å². The summed E-state index contributed by atoms with van der Waals surface area (Å²) in [5.41, 5.74) is -1.14. The zero-order valence-corrected chi connectivity index (χ0v) is 16.4. The van der Waals surface area contributed by atoms with Gasteiger partial charge >= 0.3 is 11.9 Å². The number of ether oxygens (including phenoxy) is 2. The smallest absolute Gasteiger partial charge is 0.331 e. The van der Waals surface area contributed by atoms with Crippen molar-refractivity contribution < 1.29 is 19.1 Å². The summed E-state index contributed by atoms with van der Waals surface area (Å²) in [5, 5.41) is 0. The number of unbranched alkanes of at least 4 members (excludes halogenated alkanes) is 2. The first-order valence-corrected chi connectivity index (χ1v) is 9.06. The van der Waals surface area contributed by atoms with Crippen LogP contribution in [-0.4, -0.2) is 28.0 Å². The molecule has 0 unspecified atom stereocenters. The van der Waals surface area contributed by atoms with E-state index in [1.54, 1.807) is 0 Å². The molecule has 0 aliphatic heterocycles. The molecule has 4 nitrogen and oxygen atoms in total. The molecule has 22 heavy (non-hydrogen) atoms. The summed E-state index contributed by atoms with van der Waals surface area (Å²) >= 11 is 3.10. The molecule has 0 saturated heterocycles. The van der Waals surface area contributed by atoms with Gasteiger partial charge in [0.25, 0.3) is 0 Å². The fourth-order valence-electron chi connectivity index (χ4n) is 2.05. The topological polar surface area (TPSA) is 52.6 Å². The number of alkyl halides is 1. The molecule has 0 aromatic rings. The lowest BCUT2D eigenvalue weighted by atomic mass is 10.0. The van der Waals surface area contributed by atoms with Gasteiger partial charge in [0.2, 0.25) is 4.83 Å². The van der Waals surface area contributed by atoms with Crippen molar-refractivity contribution in [2.75, 3.05) is 0 Å². The molecule has 0 amide bonds. The van der Waals surface area contributed by atoms with E-state index in [1.165, 1.54) is 0 Å². The summed E-state index contributed by atoms with van der Waals surface area (Å²) in [5.74, 6) is -1.17. The second kappa shape index (κ2) is 9.53. The first-order valence-electron chi connectivity index (χ1n) is 8.14. The Hall–Kier alpha value is -0.580. The van der Waals surface area contributed by atoms with Crippen LogP contribution in [0, 0.1) is 0 Å². The van der Waals surface area contributed by atoms with Crippen molar-refractivity contribution in [3.8, 4) is 0 Å². The van der Waals surface area contributed by atoms with Gasteiger partial charge in [-0.15, -0.1) is 0 Å². The standard InChI is InChI=1S/C17H31BrO4/c1-7-9-11-16(3,4)21-14(19)13(18)15(20)22-17(5,6)12-10-8-2/h13H,7-12H2,1-6H3. The minimum absolute atomic E-state index is 0.572. The molecule has 0 aromatic carbocycles. The lowest BCUT2D eigenvalue weighted by Crippen LogP contribution is -2.39. The van der Waals surface area contributed by atoms with E-state index in [2.05, 4.69) is 29.8 Å². The Morgan fingerprint density at radius 1 is 0.864 bits per heavy atom. The van der Waals surface area contributed by atoms with E-state index in [0.29, 0.717) is 0 Å². The highest BCUT2D eigenvalue weighted by atomic mass is 79.9.